The lowest BCUT2D eigenvalue weighted by Crippen LogP contribution is -2.40. The van der Waals surface area contributed by atoms with E-state index in [-0.39, 0.29) is 32.2 Å². The molecule has 9 heteroatoms. The lowest BCUT2D eigenvalue weighted by atomic mass is 10.0. The number of aliphatic carboxylic acids is 1. The Morgan fingerprint density at radius 3 is 1.10 bits per heavy atom. The second-order valence-corrected chi connectivity index (χ2v) is 22.4. The summed E-state index contributed by atoms with van der Waals surface area (Å²) in [5.74, 6) is -1.99. The Hall–Kier alpha value is -2.49. The summed E-state index contributed by atoms with van der Waals surface area (Å²) in [5.41, 5.74) is 0. The molecule has 0 aromatic rings. The number of carboxylic acid groups (broad SMARTS) is 1. The molecule has 0 fully saturated rings. The van der Waals surface area contributed by atoms with Gasteiger partial charge in [-0.1, -0.05) is 249 Å². The lowest BCUT2D eigenvalue weighted by molar-refractivity contribution is -0.870. The normalized spacial score (nSPS) is 12.9. The molecule has 0 aliphatic carbocycles. The zero-order chi connectivity index (χ0) is 53.4. The smallest absolute Gasteiger partial charge is 0.361 e. The van der Waals surface area contributed by atoms with E-state index in [4.69, 9.17) is 18.9 Å². The molecule has 73 heavy (non-hydrogen) atoms. The maximum Gasteiger partial charge on any atom is 0.361 e. The third kappa shape index (κ3) is 57.1. The Morgan fingerprint density at radius 1 is 0.411 bits per heavy atom. The first-order valence-corrected chi connectivity index (χ1v) is 31.2. The summed E-state index contributed by atoms with van der Waals surface area (Å²) in [6.45, 7) is 4.91. The fourth-order valence-electron chi connectivity index (χ4n) is 9.04. The zero-order valence-corrected chi connectivity index (χ0v) is 48.8. The fraction of sp³-hybridized carbons (Fsp3) is 0.859. The maximum atomic E-state index is 12.9. The van der Waals surface area contributed by atoms with Crippen LogP contribution < -0.4 is 0 Å². The molecule has 0 aromatic carbocycles. The number of hydrogen-bond acceptors (Lipinski definition) is 7. The van der Waals surface area contributed by atoms with Crippen LogP contribution in [0.4, 0.5) is 0 Å². The van der Waals surface area contributed by atoms with Crippen LogP contribution >= 0.6 is 0 Å². The highest BCUT2D eigenvalue weighted by atomic mass is 16.7. The number of unbranched alkanes of at least 4 members (excludes halogenated alkanes) is 37. The van der Waals surface area contributed by atoms with Crippen molar-refractivity contribution in [3.05, 3.63) is 36.5 Å². The van der Waals surface area contributed by atoms with Gasteiger partial charge in [0, 0.05) is 12.8 Å². The topological polar surface area (TPSA) is 108 Å². The van der Waals surface area contributed by atoms with E-state index in [0.29, 0.717) is 17.4 Å². The molecule has 0 rings (SSSR count). The predicted molar refractivity (Wildman–Crippen MR) is 309 cm³/mol. The summed E-state index contributed by atoms with van der Waals surface area (Å²) in [6, 6.07) is 0. The standard InChI is InChI=1S/C64H119NO8/c1-6-8-10-12-14-16-18-20-22-24-26-28-30-31-33-34-36-38-40-42-44-46-48-50-52-54-61(66)71-58-60(59-72-64(63(68)69)70-57-56-65(3,4)5)73-62(67)55-53-51-49-47-45-43-41-39-37-35-32-29-27-25-23-21-19-17-15-13-11-9-7-2/h19,21,24-27,60,64H,6-18,20,22-23,28-59H2,1-5H3/p+1/b21-19-,26-24-,27-25-. The quantitative estimate of drug-likeness (QED) is 0.0211. The van der Waals surface area contributed by atoms with Gasteiger partial charge in [-0.15, -0.1) is 0 Å². The van der Waals surface area contributed by atoms with Crippen molar-refractivity contribution in [3.63, 3.8) is 0 Å². The molecule has 0 spiro atoms. The monoisotopic (exact) mass is 1030 g/mol. The number of hydrogen-bond donors (Lipinski definition) is 1. The minimum Gasteiger partial charge on any atom is -0.477 e. The summed E-state index contributed by atoms with van der Waals surface area (Å²) in [4.78, 5) is 37.5. The maximum absolute atomic E-state index is 12.9. The first-order chi connectivity index (χ1) is 35.6. The van der Waals surface area contributed by atoms with Gasteiger partial charge in [0.1, 0.15) is 13.2 Å². The highest BCUT2D eigenvalue weighted by molar-refractivity contribution is 5.71. The van der Waals surface area contributed by atoms with Gasteiger partial charge >= 0.3 is 17.9 Å². The van der Waals surface area contributed by atoms with Gasteiger partial charge in [0.2, 0.25) is 0 Å². The largest absolute Gasteiger partial charge is 0.477 e. The van der Waals surface area contributed by atoms with Crippen LogP contribution in [0.2, 0.25) is 0 Å². The number of rotatable bonds is 58. The molecule has 428 valence electrons. The molecule has 2 atom stereocenters. The summed E-state index contributed by atoms with van der Waals surface area (Å²) >= 11 is 0. The van der Waals surface area contributed by atoms with Gasteiger partial charge in [-0.2, -0.15) is 0 Å². The van der Waals surface area contributed by atoms with Crippen molar-refractivity contribution in [2.75, 3.05) is 47.5 Å². The molecular formula is C64H120NO8+. The minimum atomic E-state index is -1.51. The Morgan fingerprint density at radius 2 is 0.740 bits per heavy atom. The lowest BCUT2D eigenvalue weighted by Gasteiger charge is -2.25. The number of carbonyl (C=O) groups excluding carboxylic acids is 2. The van der Waals surface area contributed by atoms with E-state index >= 15 is 0 Å². The Balaban J connectivity index is 4.18. The molecule has 0 aliphatic heterocycles. The van der Waals surface area contributed by atoms with Crippen LogP contribution in [0.5, 0.6) is 0 Å². The third-order valence-corrected chi connectivity index (χ3v) is 13.9. The molecule has 9 nitrogen and oxygen atoms in total. The molecule has 0 radical (unpaired) electrons. The molecule has 1 N–H and O–H groups in total. The van der Waals surface area contributed by atoms with E-state index in [9.17, 15) is 19.5 Å². The molecule has 0 aliphatic rings. The number of nitrogens with zero attached hydrogens (tertiary/aromatic N) is 1. The predicted octanol–water partition coefficient (Wildman–Crippen LogP) is 18.5. The average Bonchev–Trinajstić information content (AvgIpc) is 3.36. The molecule has 0 saturated heterocycles. The number of likely N-dealkylation sites (N-methyl/N-ethyl adjacent to an activating group) is 1. The zero-order valence-electron chi connectivity index (χ0n) is 48.8. The number of quaternary nitrogens is 1. The number of ether oxygens (including phenoxy) is 4. The minimum absolute atomic E-state index is 0.180. The third-order valence-electron chi connectivity index (χ3n) is 13.9. The van der Waals surface area contributed by atoms with Gasteiger partial charge in [0.15, 0.2) is 6.10 Å². The van der Waals surface area contributed by atoms with Crippen LogP contribution in [-0.4, -0.2) is 87.4 Å². The van der Waals surface area contributed by atoms with Gasteiger partial charge in [-0.05, 0) is 70.6 Å². The second-order valence-electron chi connectivity index (χ2n) is 22.4. The Labute approximate surface area is 451 Å². The van der Waals surface area contributed by atoms with Gasteiger partial charge in [0.25, 0.3) is 6.29 Å². The van der Waals surface area contributed by atoms with E-state index in [1.807, 2.05) is 21.1 Å². The van der Waals surface area contributed by atoms with E-state index in [0.717, 1.165) is 44.9 Å². The summed E-state index contributed by atoms with van der Waals surface area (Å²) < 4.78 is 22.9. The number of allylic oxidation sites excluding steroid dienone is 6. The number of carbonyl (C=O) groups is 3. The Kier molecular flexibility index (Phi) is 53.8. The van der Waals surface area contributed by atoms with E-state index in [2.05, 4.69) is 50.3 Å². The molecular weight excluding hydrogens is 911 g/mol. The average molecular weight is 1030 g/mol. The fourth-order valence-corrected chi connectivity index (χ4v) is 9.04. The highest BCUT2D eigenvalue weighted by Crippen LogP contribution is 2.17. The van der Waals surface area contributed by atoms with Gasteiger partial charge in [0.05, 0.1) is 34.4 Å². The van der Waals surface area contributed by atoms with Crippen molar-refractivity contribution in [2.45, 2.75) is 309 Å². The van der Waals surface area contributed by atoms with Gasteiger partial charge in [-0.3, -0.25) is 9.59 Å². The molecule has 0 amide bonds. The molecule has 0 saturated carbocycles. The van der Waals surface area contributed by atoms with E-state index in [1.54, 1.807) is 0 Å². The van der Waals surface area contributed by atoms with Crippen LogP contribution in [0.1, 0.15) is 296 Å². The van der Waals surface area contributed by atoms with Crippen molar-refractivity contribution < 1.29 is 42.9 Å². The van der Waals surface area contributed by atoms with Crippen molar-refractivity contribution in [1.82, 2.24) is 0 Å². The van der Waals surface area contributed by atoms with Crippen LogP contribution in [0, 0.1) is 0 Å². The van der Waals surface area contributed by atoms with Gasteiger partial charge in [-0.25, -0.2) is 4.79 Å². The summed E-state index contributed by atoms with van der Waals surface area (Å²) in [6.07, 6.45) is 65.1. The highest BCUT2D eigenvalue weighted by Gasteiger charge is 2.25. The molecule has 0 bridgehead atoms. The van der Waals surface area contributed by atoms with Crippen molar-refractivity contribution >= 4 is 17.9 Å². The molecule has 2 unspecified atom stereocenters. The summed E-state index contributed by atoms with van der Waals surface area (Å²) in [5, 5.41) is 9.72. The molecule has 0 aromatic heterocycles. The van der Waals surface area contributed by atoms with Crippen LogP contribution in [-0.2, 0) is 33.3 Å². The van der Waals surface area contributed by atoms with E-state index in [1.165, 1.54) is 225 Å². The van der Waals surface area contributed by atoms with Crippen molar-refractivity contribution in [1.29, 1.82) is 0 Å². The van der Waals surface area contributed by atoms with Gasteiger partial charge < -0.3 is 28.5 Å². The van der Waals surface area contributed by atoms with Crippen LogP contribution in [0.15, 0.2) is 36.5 Å². The van der Waals surface area contributed by atoms with E-state index < -0.39 is 24.3 Å². The van der Waals surface area contributed by atoms with Crippen molar-refractivity contribution in [2.24, 2.45) is 0 Å². The first kappa shape index (κ1) is 70.5. The second kappa shape index (κ2) is 55.7. The molecule has 0 heterocycles. The SMILES string of the molecule is CCCCCCC/C=C\C/C=C\CCCCCCCCCCCCCC(=O)OC(COC(=O)CCCCCCCCCCCCCCC/C=C\CCCCCCCCCC)COC(OCC[N+](C)(C)C)C(=O)O. The Bertz CT molecular complexity index is 1290. The van der Waals surface area contributed by atoms with Crippen LogP contribution in [0.25, 0.3) is 0 Å². The van der Waals surface area contributed by atoms with Crippen molar-refractivity contribution in [3.8, 4) is 0 Å². The first-order valence-electron chi connectivity index (χ1n) is 31.2. The van der Waals surface area contributed by atoms with Crippen LogP contribution in [0.3, 0.4) is 0 Å². The number of esters is 2. The number of carboxylic acids is 1. The summed E-state index contributed by atoms with van der Waals surface area (Å²) in [7, 11) is 5.98.